The molecule has 0 aromatic heterocycles. The second kappa shape index (κ2) is 5.19. The highest BCUT2D eigenvalue weighted by Gasteiger charge is 2.28. The number of carboxylic acid groups (broad SMARTS) is 1. The maximum Gasteiger partial charge on any atom is 0.310 e. The highest BCUT2D eigenvalue weighted by Crippen LogP contribution is 2.15. The SMILES string of the molecule is COCCN(C)CC(C)(C)C(=O)O. The molecule has 0 spiro atoms. The van der Waals surface area contributed by atoms with Gasteiger partial charge in [-0.3, -0.25) is 4.79 Å². The van der Waals surface area contributed by atoms with Crippen molar-refractivity contribution in [2.45, 2.75) is 13.8 Å². The molecule has 0 atom stereocenters. The lowest BCUT2D eigenvalue weighted by Gasteiger charge is -2.26. The first-order chi connectivity index (χ1) is 5.90. The van der Waals surface area contributed by atoms with Gasteiger partial charge in [-0.2, -0.15) is 0 Å². The predicted molar refractivity (Wildman–Crippen MR) is 50.8 cm³/mol. The molecule has 4 nitrogen and oxygen atoms in total. The van der Waals surface area contributed by atoms with Crippen LogP contribution in [0.5, 0.6) is 0 Å². The molecule has 0 bridgehead atoms. The van der Waals surface area contributed by atoms with E-state index in [0.29, 0.717) is 13.2 Å². The molecule has 0 radical (unpaired) electrons. The van der Waals surface area contributed by atoms with Crippen molar-refractivity contribution in [2.24, 2.45) is 5.41 Å². The van der Waals surface area contributed by atoms with Crippen LogP contribution in [-0.2, 0) is 9.53 Å². The second-order valence-corrected chi connectivity index (χ2v) is 3.92. The molecular weight excluding hydrogens is 170 g/mol. The van der Waals surface area contributed by atoms with Crippen molar-refractivity contribution in [1.29, 1.82) is 0 Å². The van der Waals surface area contributed by atoms with E-state index in [-0.39, 0.29) is 0 Å². The molecule has 0 saturated heterocycles. The van der Waals surface area contributed by atoms with Gasteiger partial charge < -0.3 is 14.7 Å². The Morgan fingerprint density at radius 1 is 1.54 bits per heavy atom. The Morgan fingerprint density at radius 3 is 2.46 bits per heavy atom. The number of likely N-dealkylation sites (N-methyl/N-ethyl adjacent to an activating group) is 1. The van der Waals surface area contributed by atoms with Crippen LogP contribution in [-0.4, -0.2) is 49.8 Å². The number of carbonyl (C=O) groups is 1. The zero-order chi connectivity index (χ0) is 10.5. The zero-order valence-corrected chi connectivity index (χ0v) is 8.83. The van der Waals surface area contributed by atoms with Gasteiger partial charge in [-0.05, 0) is 20.9 Å². The van der Waals surface area contributed by atoms with Gasteiger partial charge in [0.05, 0.1) is 12.0 Å². The number of hydrogen-bond donors (Lipinski definition) is 1. The van der Waals surface area contributed by atoms with Crippen LogP contribution in [0, 0.1) is 5.41 Å². The van der Waals surface area contributed by atoms with Crippen LogP contribution in [0.3, 0.4) is 0 Å². The van der Waals surface area contributed by atoms with Crippen LogP contribution in [0.15, 0.2) is 0 Å². The first-order valence-electron chi connectivity index (χ1n) is 4.31. The fourth-order valence-corrected chi connectivity index (χ4v) is 1.07. The van der Waals surface area contributed by atoms with Crippen molar-refractivity contribution >= 4 is 5.97 Å². The highest BCUT2D eigenvalue weighted by atomic mass is 16.5. The largest absolute Gasteiger partial charge is 0.481 e. The first kappa shape index (κ1) is 12.4. The summed E-state index contributed by atoms with van der Waals surface area (Å²) < 4.78 is 4.90. The molecule has 0 aromatic carbocycles. The maximum absolute atomic E-state index is 10.8. The number of hydrogen-bond acceptors (Lipinski definition) is 3. The van der Waals surface area contributed by atoms with Crippen molar-refractivity contribution in [2.75, 3.05) is 33.9 Å². The number of nitrogens with zero attached hydrogens (tertiary/aromatic N) is 1. The van der Waals surface area contributed by atoms with E-state index in [1.807, 2.05) is 11.9 Å². The van der Waals surface area contributed by atoms with Gasteiger partial charge in [0.25, 0.3) is 0 Å². The summed E-state index contributed by atoms with van der Waals surface area (Å²) in [6.07, 6.45) is 0. The minimum absolute atomic E-state index is 0.533. The highest BCUT2D eigenvalue weighted by molar-refractivity contribution is 5.73. The Balaban J connectivity index is 3.89. The predicted octanol–water partition coefficient (Wildman–Crippen LogP) is 0.675. The topological polar surface area (TPSA) is 49.8 Å². The van der Waals surface area contributed by atoms with Crippen LogP contribution in [0.1, 0.15) is 13.8 Å². The summed E-state index contributed by atoms with van der Waals surface area (Å²) in [5.74, 6) is -0.767. The molecule has 1 N–H and O–H groups in total. The Kier molecular flexibility index (Phi) is 4.95. The van der Waals surface area contributed by atoms with E-state index in [0.717, 1.165) is 6.54 Å². The Bertz CT molecular complexity index is 168. The molecule has 0 unspecified atom stereocenters. The minimum atomic E-state index is -0.767. The second-order valence-electron chi connectivity index (χ2n) is 3.92. The van der Waals surface area contributed by atoms with E-state index >= 15 is 0 Å². The summed E-state index contributed by atoms with van der Waals surface area (Å²) in [5.41, 5.74) is -0.692. The third-order valence-corrected chi connectivity index (χ3v) is 1.92. The fraction of sp³-hybridized carbons (Fsp3) is 0.889. The van der Waals surface area contributed by atoms with Crippen molar-refractivity contribution in [3.63, 3.8) is 0 Å². The summed E-state index contributed by atoms with van der Waals surface area (Å²) >= 11 is 0. The average Bonchev–Trinajstić information content (AvgIpc) is 1.99. The standard InChI is InChI=1S/C9H19NO3/c1-9(2,8(11)12)7-10(3)5-6-13-4/h5-7H2,1-4H3,(H,11,12). The smallest absolute Gasteiger partial charge is 0.310 e. The van der Waals surface area contributed by atoms with Crippen molar-refractivity contribution in [3.8, 4) is 0 Å². The van der Waals surface area contributed by atoms with E-state index in [4.69, 9.17) is 9.84 Å². The van der Waals surface area contributed by atoms with Crippen LogP contribution >= 0.6 is 0 Å². The lowest BCUT2D eigenvalue weighted by Crippen LogP contribution is -2.38. The average molecular weight is 189 g/mol. The summed E-state index contributed by atoms with van der Waals surface area (Å²) in [6.45, 7) is 5.36. The third-order valence-electron chi connectivity index (χ3n) is 1.92. The quantitative estimate of drug-likeness (QED) is 0.667. The van der Waals surface area contributed by atoms with Gasteiger partial charge in [0.15, 0.2) is 0 Å². The maximum atomic E-state index is 10.8. The molecule has 0 aliphatic heterocycles. The van der Waals surface area contributed by atoms with Gasteiger partial charge in [-0.1, -0.05) is 0 Å². The van der Waals surface area contributed by atoms with Gasteiger partial charge in [0.1, 0.15) is 0 Å². The molecule has 4 heteroatoms. The number of aliphatic carboxylic acids is 1. The van der Waals surface area contributed by atoms with E-state index in [1.54, 1.807) is 21.0 Å². The summed E-state index contributed by atoms with van der Waals surface area (Å²) in [6, 6.07) is 0. The lowest BCUT2D eigenvalue weighted by molar-refractivity contribution is -0.147. The van der Waals surface area contributed by atoms with E-state index in [1.165, 1.54) is 0 Å². The fourth-order valence-electron chi connectivity index (χ4n) is 1.07. The number of methoxy groups -OCH3 is 1. The molecule has 0 aliphatic rings. The molecule has 0 rings (SSSR count). The third kappa shape index (κ3) is 4.85. The summed E-state index contributed by atoms with van der Waals surface area (Å²) in [7, 11) is 3.53. The Hall–Kier alpha value is -0.610. The first-order valence-corrected chi connectivity index (χ1v) is 4.31. The molecule has 0 amide bonds. The molecule has 0 heterocycles. The van der Waals surface area contributed by atoms with Crippen LogP contribution in [0.2, 0.25) is 0 Å². The van der Waals surface area contributed by atoms with Gasteiger partial charge in [-0.25, -0.2) is 0 Å². The van der Waals surface area contributed by atoms with E-state index in [2.05, 4.69) is 0 Å². The Morgan fingerprint density at radius 2 is 2.08 bits per heavy atom. The zero-order valence-electron chi connectivity index (χ0n) is 8.83. The number of ether oxygens (including phenoxy) is 1. The molecule has 0 aromatic rings. The number of carboxylic acids is 1. The van der Waals surface area contributed by atoms with Gasteiger partial charge in [-0.15, -0.1) is 0 Å². The molecule has 13 heavy (non-hydrogen) atoms. The van der Waals surface area contributed by atoms with Crippen LogP contribution in [0.4, 0.5) is 0 Å². The van der Waals surface area contributed by atoms with E-state index < -0.39 is 11.4 Å². The molecule has 0 aliphatic carbocycles. The van der Waals surface area contributed by atoms with Gasteiger partial charge in [0.2, 0.25) is 0 Å². The van der Waals surface area contributed by atoms with Crippen LogP contribution < -0.4 is 0 Å². The van der Waals surface area contributed by atoms with E-state index in [9.17, 15) is 4.79 Å². The van der Waals surface area contributed by atoms with Crippen molar-refractivity contribution < 1.29 is 14.6 Å². The van der Waals surface area contributed by atoms with Gasteiger partial charge in [0, 0.05) is 20.2 Å². The number of rotatable bonds is 6. The summed E-state index contributed by atoms with van der Waals surface area (Å²) in [4.78, 5) is 12.7. The Labute approximate surface area is 79.5 Å². The lowest BCUT2D eigenvalue weighted by atomic mass is 9.93. The monoisotopic (exact) mass is 189 g/mol. The molecule has 78 valence electrons. The van der Waals surface area contributed by atoms with Crippen molar-refractivity contribution in [3.05, 3.63) is 0 Å². The molecule has 0 fully saturated rings. The molecular formula is C9H19NO3. The van der Waals surface area contributed by atoms with Gasteiger partial charge >= 0.3 is 5.97 Å². The summed E-state index contributed by atoms with van der Waals surface area (Å²) in [5, 5.41) is 8.86. The normalized spacial score (nSPS) is 12.1. The van der Waals surface area contributed by atoms with Crippen molar-refractivity contribution in [1.82, 2.24) is 4.90 Å². The minimum Gasteiger partial charge on any atom is -0.481 e. The van der Waals surface area contributed by atoms with Crippen LogP contribution in [0.25, 0.3) is 0 Å². The molecule has 0 saturated carbocycles.